The smallest absolute Gasteiger partial charge is 0.160 e. The van der Waals surface area contributed by atoms with Gasteiger partial charge in [-0.25, -0.2) is 9.97 Å². The number of fused-ring (bicyclic) bond motifs is 14. The van der Waals surface area contributed by atoms with Crippen molar-refractivity contribution in [3.8, 4) is 11.1 Å². The summed E-state index contributed by atoms with van der Waals surface area (Å²) in [4.78, 5) is 14.6. The molecule has 6 aliphatic rings. The van der Waals surface area contributed by atoms with Crippen molar-refractivity contribution in [1.29, 1.82) is 0 Å². The third kappa shape index (κ3) is 4.57. The maximum absolute atomic E-state index is 5.07. The molecule has 2 heterocycles. The van der Waals surface area contributed by atoms with Gasteiger partial charge in [0, 0.05) is 24.5 Å². The highest BCUT2D eigenvalue weighted by Gasteiger charge is 2.54. The van der Waals surface area contributed by atoms with E-state index in [1.165, 1.54) is 89.1 Å². The number of aromatic nitrogens is 2. The molecule has 0 saturated carbocycles. The first-order valence-corrected chi connectivity index (χ1v) is 22.3. The molecule has 62 heavy (non-hydrogen) atoms. The first-order chi connectivity index (χ1) is 30.6. The summed E-state index contributed by atoms with van der Waals surface area (Å²) in [5.74, 6) is 0.919. The standard InChI is InChI=1S/C58H48N4/c1-5-17-40-45-29-27-37(33-53(45)57(47(40)8-4)50-24-14-10-20-42(50)43-21-11-15-25-51(43)57)61-31-32-62(56-55(61)35-59-36-60-56)38-28-30-46-44-22-12-16-26-52(44)58(54(46)34-38)48(18-6-2)39(7-3)41-19-9-13-23-49(41)58/h5-6,8-10,12-20,22-30,33-36H,4,7,11,21,31-32H2,1-3H3/b17-5-,18-6-. The van der Waals surface area contributed by atoms with Crippen LogP contribution in [0.5, 0.6) is 0 Å². The minimum absolute atomic E-state index is 0.404. The van der Waals surface area contributed by atoms with Crippen LogP contribution < -0.4 is 9.80 Å². The van der Waals surface area contributed by atoms with Gasteiger partial charge < -0.3 is 9.80 Å². The molecule has 0 N–H and O–H groups in total. The van der Waals surface area contributed by atoms with E-state index in [4.69, 9.17) is 4.98 Å². The van der Waals surface area contributed by atoms with Crippen LogP contribution in [0.25, 0.3) is 27.8 Å². The van der Waals surface area contributed by atoms with Crippen molar-refractivity contribution in [2.24, 2.45) is 0 Å². The fourth-order valence-corrected chi connectivity index (χ4v) is 12.5. The van der Waals surface area contributed by atoms with Gasteiger partial charge in [0.05, 0.1) is 17.0 Å². The highest BCUT2D eigenvalue weighted by atomic mass is 15.3. The largest absolute Gasteiger partial charge is 0.335 e. The lowest BCUT2D eigenvalue weighted by molar-refractivity contribution is 0.770. The molecule has 5 aliphatic carbocycles. The van der Waals surface area contributed by atoms with Crippen LogP contribution in [0.1, 0.15) is 84.5 Å². The summed E-state index contributed by atoms with van der Waals surface area (Å²) < 4.78 is 0. The Morgan fingerprint density at radius 2 is 1.29 bits per heavy atom. The van der Waals surface area contributed by atoms with Crippen LogP contribution >= 0.6 is 0 Å². The van der Waals surface area contributed by atoms with Gasteiger partial charge in [-0.2, -0.15) is 0 Å². The predicted octanol–water partition coefficient (Wildman–Crippen LogP) is 13.8. The zero-order chi connectivity index (χ0) is 41.7. The Bertz CT molecular complexity index is 3130. The molecule has 4 nitrogen and oxygen atoms in total. The van der Waals surface area contributed by atoms with E-state index in [0.29, 0.717) is 0 Å². The van der Waals surface area contributed by atoms with Gasteiger partial charge >= 0.3 is 0 Å². The Morgan fingerprint density at radius 3 is 2.03 bits per heavy atom. The van der Waals surface area contributed by atoms with Crippen LogP contribution in [-0.4, -0.2) is 23.1 Å². The molecular formula is C58H48N4. The van der Waals surface area contributed by atoms with E-state index in [9.17, 15) is 0 Å². The molecule has 0 saturated heterocycles. The van der Waals surface area contributed by atoms with Crippen LogP contribution in [0.4, 0.5) is 22.9 Å². The van der Waals surface area contributed by atoms with Crippen LogP contribution in [-0.2, 0) is 10.8 Å². The van der Waals surface area contributed by atoms with E-state index in [2.05, 4.69) is 194 Å². The van der Waals surface area contributed by atoms with Gasteiger partial charge in [-0.05, 0) is 146 Å². The van der Waals surface area contributed by atoms with Gasteiger partial charge in [-0.15, -0.1) is 0 Å². The lowest BCUT2D eigenvalue weighted by Crippen LogP contribution is -2.37. The maximum atomic E-state index is 5.07. The molecule has 0 bridgehead atoms. The SMILES string of the molecule is C=CC1=C(/C=C\C)c2ccc(N3CCN(c4ccc5c(c4)C4(C(/C=C\C)=C(CC)c6ccccc64)c4ccccc4-5)c4ncncc43)cc2C12C1=C(CCC=C1)c1ccccc12. The molecule has 0 amide bonds. The fraction of sp³-hybridized carbons (Fsp3) is 0.172. The normalized spacial score (nSPS) is 21.3. The van der Waals surface area contributed by atoms with Crippen LogP contribution in [0.3, 0.4) is 0 Å². The molecule has 1 aromatic heterocycles. The lowest BCUT2D eigenvalue weighted by Gasteiger charge is -2.39. The van der Waals surface area contributed by atoms with E-state index < -0.39 is 10.8 Å². The second-order valence-electron chi connectivity index (χ2n) is 17.2. The first-order valence-electron chi connectivity index (χ1n) is 22.3. The summed E-state index contributed by atoms with van der Waals surface area (Å²) in [5, 5.41) is 0. The molecule has 12 rings (SSSR count). The Labute approximate surface area is 365 Å². The predicted molar refractivity (Wildman–Crippen MR) is 257 cm³/mol. The Kier molecular flexibility index (Phi) is 8.15. The van der Waals surface area contributed by atoms with Gasteiger partial charge in [0.15, 0.2) is 5.82 Å². The van der Waals surface area contributed by atoms with Crippen molar-refractivity contribution in [1.82, 2.24) is 9.97 Å². The Balaban J connectivity index is 1.00. The van der Waals surface area contributed by atoms with Crippen LogP contribution in [0, 0.1) is 0 Å². The zero-order valence-corrected chi connectivity index (χ0v) is 35.6. The molecule has 300 valence electrons. The van der Waals surface area contributed by atoms with Gasteiger partial charge in [-0.1, -0.05) is 141 Å². The summed E-state index contributed by atoms with van der Waals surface area (Å²) in [6, 6.07) is 41.5. The highest BCUT2D eigenvalue weighted by Crippen LogP contribution is 2.65. The number of rotatable bonds is 6. The summed E-state index contributed by atoms with van der Waals surface area (Å²) in [6.45, 7) is 12.6. The Hall–Kier alpha value is -7.04. The number of anilines is 4. The molecule has 6 aromatic rings. The van der Waals surface area contributed by atoms with E-state index in [1.807, 2.05) is 6.20 Å². The maximum Gasteiger partial charge on any atom is 0.160 e. The summed E-state index contributed by atoms with van der Waals surface area (Å²) in [7, 11) is 0. The topological polar surface area (TPSA) is 32.3 Å². The number of hydrogen-bond acceptors (Lipinski definition) is 4. The quantitative estimate of drug-likeness (QED) is 0.168. The molecule has 4 heteroatoms. The van der Waals surface area contributed by atoms with Crippen molar-refractivity contribution >= 4 is 39.6 Å². The number of benzene rings is 5. The van der Waals surface area contributed by atoms with Gasteiger partial charge in [0.25, 0.3) is 0 Å². The minimum atomic E-state index is -0.433. The number of allylic oxidation sites excluding steroid dienone is 13. The van der Waals surface area contributed by atoms with Crippen LogP contribution in [0.2, 0.25) is 0 Å². The second kappa shape index (κ2) is 13.7. The van der Waals surface area contributed by atoms with Crippen molar-refractivity contribution in [2.75, 3.05) is 22.9 Å². The fourth-order valence-electron chi connectivity index (χ4n) is 12.5. The van der Waals surface area contributed by atoms with Crippen molar-refractivity contribution < 1.29 is 0 Å². The monoisotopic (exact) mass is 800 g/mol. The van der Waals surface area contributed by atoms with E-state index in [1.54, 1.807) is 6.33 Å². The second-order valence-corrected chi connectivity index (χ2v) is 17.2. The van der Waals surface area contributed by atoms with Crippen molar-refractivity contribution in [2.45, 2.75) is 50.9 Å². The van der Waals surface area contributed by atoms with Crippen molar-refractivity contribution in [3.63, 3.8) is 0 Å². The lowest BCUT2D eigenvalue weighted by atomic mass is 9.68. The molecule has 5 aromatic carbocycles. The van der Waals surface area contributed by atoms with E-state index in [-0.39, 0.29) is 0 Å². The molecule has 0 radical (unpaired) electrons. The molecule has 2 spiro atoms. The van der Waals surface area contributed by atoms with Gasteiger partial charge in [-0.3, -0.25) is 0 Å². The average molecular weight is 801 g/mol. The van der Waals surface area contributed by atoms with Gasteiger partial charge in [0.1, 0.15) is 12.0 Å². The van der Waals surface area contributed by atoms with Crippen LogP contribution in [0.15, 0.2) is 188 Å². The highest BCUT2D eigenvalue weighted by molar-refractivity contribution is 6.00. The number of nitrogens with zero attached hydrogens (tertiary/aromatic N) is 4. The Morgan fingerprint density at radius 1 is 0.661 bits per heavy atom. The van der Waals surface area contributed by atoms with E-state index >= 15 is 0 Å². The van der Waals surface area contributed by atoms with Gasteiger partial charge in [0.2, 0.25) is 0 Å². The molecular weight excluding hydrogens is 753 g/mol. The minimum Gasteiger partial charge on any atom is -0.335 e. The van der Waals surface area contributed by atoms with Crippen molar-refractivity contribution in [3.05, 3.63) is 232 Å². The van der Waals surface area contributed by atoms with E-state index in [0.717, 1.165) is 55.2 Å². The third-order valence-corrected chi connectivity index (χ3v) is 14.7. The number of hydrogen-bond donors (Lipinski definition) is 0. The average Bonchev–Trinajstić information content (AvgIpc) is 3.99. The first kappa shape index (κ1) is 36.8. The summed E-state index contributed by atoms with van der Waals surface area (Å²) in [6.07, 6.45) is 22.7. The molecule has 0 fully saturated rings. The molecule has 1 aliphatic heterocycles. The third-order valence-electron chi connectivity index (χ3n) is 14.7. The molecule has 2 unspecified atom stereocenters. The molecule has 2 atom stereocenters. The summed E-state index contributed by atoms with van der Waals surface area (Å²) >= 11 is 0. The summed E-state index contributed by atoms with van der Waals surface area (Å²) in [5.41, 5.74) is 24.0. The zero-order valence-electron chi connectivity index (χ0n) is 35.6.